The third kappa shape index (κ3) is 5.85. The van der Waals surface area contributed by atoms with Gasteiger partial charge in [-0.05, 0) is 57.3 Å². The highest BCUT2D eigenvalue weighted by atomic mass is 35.5. The Hall–Kier alpha value is -0.810. The van der Waals surface area contributed by atoms with E-state index in [1.807, 2.05) is 13.1 Å². The predicted octanol–water partition coefficient (Wildman–Crippen LogP) is 2.95. The molecule has 6 heteroatoms. The lowest BCUT2D eigenvalue weighted by Gasteiger charge is -2.35. The number of hydrogen-bond donors (Lipinski definition) is 1. The molecule has 1 aromatic rings. The van der Waals surface area contributed by atoms with Gasteiger partial charge >= 0.3 is 0 Å². The molecule has 2 aliphatic rings. The van der Waals surface area contributed by atoms with Gasteiger partial charge in [-0.25, -0.2) is 0 Å². The topological polar surface area (TPSA) is 35.6 Å². The molecule has 4 nitrogen and oxygen atoms in total. The minimum absolute atomic E-state index is 0. The average molecular weight is 388 g/mol. The molecule has 0 spiro atoms. The summed E-state index contributed by atoms with van der Waals surface area (Å²) in [6.45, 7) is 4.88. The van der Waals surface area contributed by atoms with E-state index in [1.54, 1.807) is 0 Å². The van der Waals surface area contributed by atoms with Crippen molar-refractivity contribution in [3.8, 4) is 0 Å². The van der Waals surface area contributed by atoms with Crippen LogP contribution in [0.2, 0.25) is 0 Å². The molecule has 2 saturated heterocycles. The van der Waals surface area contributed by atoms with E-state index < -0.39 is 0 Å². The third-order valence-electron chi connectivity index (χ3n) is 5.30. The molecule has 0 aromatic heterocycles. The maximum absolute atomic E-state index is 12.9. The molecule has 2 fully saturated rings. The van der Waals surface area contributed by atoms with E-state index in [0.29, 0.717) is 5.91 Å². The molecule has 2 heterocycles. The fraction of sp³-hybridized carbons (Fsp3) is 0.632. The first kappa shape index (κ1) is 22.2. The van der Waals surface area contributed by atoms with Gasteiger partial charge in [0.25, 0.3) is 0 Å². The molecule has 1 unspecified atom stereocenters. The highest BCUT2D eigenvalue weighted by molar-refractivity contribution is 5.85. The van der Waals surface area contributed by atoms with E-state index >= 15 is 0 Å². The van der Waals surface area contributed by atoms with E-state index in [4.69, 9.17) is 0 Å². The van der Waals surface area contributed by atoms with Crippen LogP contribution in [0.15, 0.2) is 30.3 Å². The summed E-state index contributed by atoms with van der Waals surface area (Å²) in [6, 6.07) is 10.6. The lowest BCUT2D eigenvalue weighted by molar-refractivity contribution is -0.137. The van der Waals surface area contributed by atoms with Crippen LogP contribution in [0.3, 0.4) is 0 Å². The van der Waals surface area contributed by atoms with Gasteiger partial charge in [0.15, 0.2) is 0 Å². The fourth-order valence-corrected chi connectivity index (χ4v) is 3.97. The van der Waals surface area contributed by atoms with Gasteiger partial charge in [0.2, 0.25) is 5.91 Å². The second-order valence-electron chi connectivity index (χ2n) is 6.94. The van der Waals surface area contributed by atoms with Crippen molar-refractivity contribution in [1.82, 2.24) is 15.1 Å². The number of amides is 1. The lowest BCUT2D eigenvalue weighted by atomic mass is 9.96. The van der Waals surface area contributed by atoms with Crippen LogP contribution in [-0.2, 0) is 11.3 Å². The summed E-state index contributed by atoms with van der Waals surface area (Å²) in [4.78, 5) is 17.4. The molecular formula is C19H31Cl2N3O. The number of piperidine rings is 1. The zero-order valence-corrected chi connectivity index (χ0v) is 16.7. The number of hydrogen-bond acceptors (Lipinski definition) is 3. The fourth-order valence-electron chi connectivity index (χ4n) is 3.97. The van der Waals surface area contributed by atoms with Crippen LogP contribution < -0.4 is 5.32 Å². The number of nitrogens with zero attached hydrogens (tertiary/aromatic N) is 2. The second kappa shape index (κ2) is 11.0. The van der Waals surface area contributed by atoms with Crippen molar-refractivity contribution in [1.29, 1.82) is 0 Å². The Morgan fingerprint density at radius 2 is 1.76 bits per heavy atom. The molecule has 25 heavy (non-hydrogen) atoms. The normalized spacial score (nSPS) is 21.5. The number of halogens is 2. The van der Waals surface area contributed by atoms with Crippen molar-refractivity contribution in [3.63, 3.8) is 0 Å². The van der Waals surface area contributed by atoms with Gasteiger partial charge in [-0.2, -0.15) is 0 Å². The molecule has 0 bridgehead atoms. The number of carbonyl (C=O) groups is 1. The van der Waals surface area contributed by atoms with Gasteiger partial charge in [-0.3, -0.25) is 9.69 Å². The number of nitrogens with one attached hydrogen (secondary N) is 1. The summed E-state index contributed by atoms with van der Waals surface area (Å²) < 4.78 is 0. The molecule has 0 saturated carbocycles. The lowest BCUT2D eigenvalue weighted by Crippen LogP contribution is -2.48. The Morgan fingerprint density at radius 1 is 1.08 bits per heavy atom. The van der Waals surface area contributed by atoms with Crippen molar-refractivity contribution in [2.45, 2.75) is 38.3 Å². The van der Waals surface area contributed by atoms with Crippen molar-refractivity contribution in [2.75, 3.05) is 33.2 Å². The zero-order chi connectivity index (χ0) is 16.1. The first-order valence-electron chi connectivity index (χ1n) is 8.99. The molecule has 0 aliphatic carbocycles. The maximum atomic E-state index is 12.9. The van der Waals surface area contributed by atoms with Gasteiger partial charge in [0.1, 0.15) is 0 Å². The van der Waals surface area contributed by atoms with Crippen molar-refractivity contribution in [3.05, 3.63) is 35.9 Å². The molecule has 3 rings (SSSR count). The summed E-state index contributed by atoms with van der Waals surface area (Å²) in [5, 5.41) is 3.26. The SMILES string of the molecule is CNCC1CCN(C(=O)C2CCCN2Cc2ccccc2)CC1.Cl.Cl. The molecule has 1 N–H and O–H groups in total. The van der Waals surface area contributed by atoms with Crippen LogP contribution in [0.25, 0.3) is 0 Å². The van der Waals surface area contributed by atoms with Gasteiger partial charge in [0.05, 0.1) is 6.04 Å². The molecule has 1 amide bonds. The van der Waals surface area contributed by atoms with Crippen molar-refractivity contribution >= 4 is 30.7 Å². The third-order valence-corrected chi connectivity index (χ3v) is 5.30. The number of likely N-dealkylation sites (tertiary alicyclic amines) is 2. The van der Waals surface area contributed by atoms with Crippen LogP contribution >= 0.6 is 24.8 Å². The van der Waals surface area contributed by atoms with E-state index in [0.717, 1.165) is 64.3 Å². The first-order valence-corrected chi connectivity index (χ1v) is 8.99. The molecule has 1 aromatic carbocycles. The van der Waals surface area contributed by atoms with E-state index in [9.17, 15) is 4.79 Å². The van der Waals surface area contributed by atoms with Crippen LogP contribution in [-0.4, -0.2) is 55.0 Å². The number of benzene rings is 1. The monoisotopic (exact) mass is 387 g/mol. The highest BCUT2D eigenvalue weighted by Gasteiger charge is 2.34. The first-order chi connectivity index (χ1) is 11.3. The summed E-state index contributed by atoms with van der Waals surface area (Å²) in [7, 11) is 2.01. The van der Waals surface area contributed by atoms with Gasteiger partial charge < -0.3 is 10.2 Å². The van der Waals surface area contributed by atoms with Crippen LogP contribution in [0.5, 0.6) is 0 Å². The van der Waals surface area contributed by atoms with Crippen LogP contribution in [0.1, 0.15) is 31.2 Å². The molecular weight excluding hydrogens is 357 g/mol. The summed E-state index contributed by atoms with van der Waals surface area (Å²) in [6.07, 6.45) is 4.43. The number of rotatable bonds is 5. The smallest absolute Gasteiger partial charge is 0.239 e. The average Bonchev–Trinajstić information content (AvgIpc) is 3.04. The minimum Gasteiger partial charge on any atom is -0.341 e. The molecule has 1 atom stereocenters. The van der Waals surface area contributed by atoms with Crippen molar-refractivity contribution in [2.24, 2.45) is 5.92 Å². The predicted molar refractivity (Wildman–Crippen MR) is 108 cm³/mol. The summed E-state index contributed by atoms with van der Waals surface area (Å²) in [5.74, 6) is 1.09. The second-order valence-corrected chi connectivity index (χ2v) is 6.94. The molecule has 142 valence electrons. The van der Waals surface area contributed by atoms with Crippen LogP contribution in [0, 0.1) is 5.92 Å². The quantitative estimate of drug-likeness (QED) is 0.843. The highest BCUT2D eigenvalue weighted by Crippen LogP contribution is 2.24. The Morgan fingerprint density at radius 3 is 2.40 bits per heavy atom. The summed E-state index contributed by atoms with van der Waals surface area (Å²) in [5.41, 5.74) is 1.31. The molecule has 2 aliphatic heterocycles. The Kier molecular flexibility index (Phi) is 9.80. The Bertz CT molecular complexity index is 507. The van der Waals surface area contributed by atoms with E-state index in [2.05, 4.69) is 39.4 Å². The van der Waals surface area contributed by atoms with Gasteiger partial charge in [-0.1, -0.05) is 30.3 Å². The van der Waals surface area contributed by atoms with Gasteiger partial charge in [0, 0.05) is 19.6 Å². The van der Waals surface area contributed by atoms with Crippen LogP contribution in [0.4, 0.5) is 0 Å². The minimum atomic E-state index is 0. The van der Waals surface area contributed by atoms with Gasteiger partial charge in [-0.15, -0.1) is 24.8 Å². The van der Waals surface area contributed by atoms with E-state index in [1.165, 1.54) is 5.56 Å². The Balaban J connectivity index is 0.00000156. The number of carbonyl (C=O) groups excluding carboxylic acids is 1. The maximum Gasteiger partial charge on any atom is 0.239 e. The largest absolute Gasteiger partial charge is 0.341 e. The zero-order valence-electron chi connectivity index (χ0n) is 15.0. The standard InChI is InChI=1S/C19H29N3O.2ClH/c1-20-14-16-9-12-21(13-10-16)19(23)18-8-5-11-22(18)15-17-6-3-2-4-7-17;;/h2-4,6-7,16,18,20H,5,8-15H2,1H3;2*1H. The van der Waals surface area contributed by atoms with E-state index in [-0.39, 0.29) is 30.9 Å². The van der Waals surface area contributed by atoms with Crippen molar-refractivity contribution < 1.29 is 4.79 Å². The Labute approximate surface area is 164 Å². The molecule has 0 radical (unpaired) electrons. The summed E-state index contributed by atoms with van der Waals surface area (Å²) >= 11 is 0.